The first kappa shape index (κ1) is 15.5. The molecular weight excluding hydrogens is 242 g/mol. The fourth-order valence-corrected chi connectivity index (χ4v) is 2.20. The van der Waals surface area contributed by atoms with Crippen molar-refractivity contribution in [3.63, 3.8) is 0 Å². The van der Waals surface area contributed by atoms with E-state index in [1.807, 2.05) is 43.1 Å². The number of likely N-dealkylation sites (N-methyl/N-ethyl adjacent to an activating group) is 1. The molecule has 2 unspecified atom stereocenters. The van der Waals surface area contributed by atoms with E-state index in [0.29, 0.717) is 0 Å². The summed E-state index contributed by atoms with van der Waals surface area (Å²) in [6.45, 7) is 2.21. The van der Waals surface area contributed by atoms with Crippen molar-refractivity contribution in [2.24, 2.45) is 11.5 Å². The van der Waals surface area contributed by atoms with Crippen LogP contribution in [0.5, 0.6) is 5.75 Å². The molecule has 0 radical (unpaired) electrons. The van der Waals surface area contributed by atoms with Crippen LogP contribution in [0.1, 0.15) is 24.9 Å². The normalized spacial score (nSPS) is 14.2. The maximum Gasteiger partial charge on any atom is 0.231 e. The number of primary amides is 1. The second-order valence-corrected chi connectivity index (χ2v) is 4.67. The molecule has 19 heavy (non-hydrogen) atoms. The van der Waals surface area contributed by atoms with Crippen molar-refractivity contribution in [2.45, 2.75) is 25.4 Å². The van der Waals surface area contributed by atoms with E-state index in [0.717, 1.165) is 17.7 Å². The first-order chi connectivity index (χ1) is 8.99. The van der Waals surface area contributed by atoms with Crippen LogP contribution in [0.25, 0.3) is 0 Å². The van der Waals surface area contributed by atoms with Crippen LogP contribution in [0.2, 0.25) is 0 Å². The molecule has 5 heteroatoms. The lowest BCUT2D eigenvalue weighted by atomic mass is 9.96. The monoisotopic (exact) mass is 265 g/mol. The largest absolute Gasteiger partial charge is 0.497 e. The van der Waals surface area contributed by atoms with Gasteiger partial charge in [-0.3, -0.25) is 9.69 Å². The Hall–Kier alpha value is -1.59. The summed E-state index contributed by atoms with van der Waals surface area (Å²) in [6, 6.07) is 7.62. The maximum absolute atomic E-state index is 11.1. The number of nitrogens with zero attached hydrogens (tertiary/aromatic N) is 1. The lowest BCUT2D eigenvalue weighted by molar-refractivity contribution is -0.119. The molecule has 0 aliphatic rings. The fourth-order valence-electron chi connectivity index (χ4n) is 2.20. The van der Waals surface area contributed by atoms with E-state index in [1.165, 1.54) is 0 Å². The van der Waals surface area contributed by atoms with Gasteiger partial charge in [0.1, 0.15) is 5.75 Å². The van der Waals surface area contributed by atoms with E-state index in [9.17, 15) is 4.79 Å². The van der Waals surface area contributed by atoms with Crippen molar-refractivity contribution in [3.05, 3.63) is 29.8 Å². The van der Waals surface area contributed by atoms with E-state index >= 15 is 0 Å². The topological polar surface area (TPSA) is 81.6 Å². The van der Waals surface area contributed by atoms with Gasteiger partial charge in [-0.25, -0.2) is 0 Å². The summed E-state index contributed by atoms with van der Waals surface area (Å²) >= 11 is 0. The Labute approximate surface area is 114 Å². The quantitative estimate of drug-likeness (QED) is 0.767. The second kappa shape index (κ2) is 7.11. The van der Waals surface area contributed by atoms with Gasteiger partial charge in [-0.05, 0) is 31.2 Å². The molecule has 4 N–H and O–H groups in total. The number of carbonyl (C=O) groups excluding carboxylic acids is 1. The third-order valence-corrected chi connectivity index (χ3v) is 3.21. The van der Waals surface area contributed by atoms with Gasteiger partial charge in [-0.2, -0.15) is 0 Å². The van der Waals surface area contributed by atoms with E-state index in [2.05, 4.69) is 0 Å². The van der Waals surface area contributed by atoms with Crippen LogP contribution in [0.3, 0.4) is 0 Å². The summed E-state index contributed by atoms with van der Waals surface area (Å²) in [5.74, 6) is 0.439. The highest BCUT2D eigenvalue weighted by Crippen LogP contribution is 2.25. The summed E-state index contributed by atoms with van der Waals surface area (Å²) < 4.78 is 5.14. The zero-order valence-electron chi connectivity index (χ0n) is 11.8. The van der Waals surface area contributed by atoms with Gasteiger partial charge in [-0.1, -0.05) is 19.1 Å². The van der Waals surface area contributed by atoms with Crippen LogP contribution in [0.15, 0.2) is 24.3 Å². The van der Waals surface area contributed by atoms with Crippen LogP contribution < -0.4 is 16.2 Å². The van der Waals surface area contributed by atoms with Gasteiger partial charge < -0.3 is 16.2 Å². The Bertz CT molecular complexity index is 406. The van der Waals surface area contributed by atoms with Gasteiger partial charge in [0.15, 0.2) is 0 Å². The number of nitrogens with two attached hydrogens (primary N) is 2. The van der Waals surface area contributed by atoms with Crippen LogP contribution >= 0.6 is 0 Å². The zero-order chi connectivity index (χ0) is 14.4. The number of benzene rings is 1. The molecule has 0 aromatic heterocycles. The summed E-state index contributed by atoms with van der Waals surface area (Å²) in [5.41, 5.74) is 12.5. The molecule has 0 aliphatic carbocycles. The Kier molecular flexibility index (Phi) is 5.79. The average Bonchev–Trinajstić information content (AvgIpc) is 2.38. The number of ether oxygens (including phenoxy) is 1. The molecule has 0 aliphatic heterocycles. The van der Waals surface area contributed by atoms with E-state index in [-0.39, 0.29) is 24.5 Å². The SMILES string of the molecule is CCC(N)C(c1ccc(OC)cc1)N(C)CC(N)=O. The molecule has 1 aromatic rings. The molecule has 5 nitrogen and oxygen atoms in total. The summed E-state index contributed by atoms with van der Waals surface area (Å²) in [5, 5.41) is 0. The smallest absolute Gasteiger partial charge is 0.231 e. The van der Waals surface area contributed by atoms with Gasteiger partial charge in [0.2, 0.25) is 5.91 Å². The number of hydrogen-bond donors (Lipinski definition) is 2. The Morgan fingerprint density at radius 2 is 1.95 bits per heavy atom. The Morgan fingerprint density at radius 3 is 2.37 bits per heavy atom. The number of amides is 1. The van der Waals surface area contributed by atoms with Gasteiger partial charge in [-0.15, -0.1) is 0 Å². The molecule has 1 aromatic carbocycles. The van der Waals surface area contributed by atoms with Crippen LogP contribution in [-0.2, 0) is 4.79 Å². The highest BCUT2D eigenvalue weighted by molar-refractivity contribution is 5.75. The number of rotatable bonds is 7. The minimum atomic E-state index is -0.357. The molecule has 106 valence electrons. The molecule has 0 heterocycles. The van der Waals surface area contributed by atoms with Crippen LogP contribution in [-0.4, -0.2) is 37.6 Å². The molecule has 1 amide bonds. The zero-order valence-corrected chi connectivity index (χ0v) is 11.8. The van der Waals surface area contributed by atoms with Crippen molar-refractivity contribution in [1.29, 1.82) is 0 Å². The molecule has 0 saturated heterocycles. The second-order valence-electron chi connectivity index (χ2n) is 4.67. The lowest BCUT2D eigenvalue weighted by Crippen LogP contribution is -2.42. The van der Waals surface area contributed by atoms with Gasteiger partial charge in [0.05, 0.1) is 19.7 Å². The van der Waals surface area contributed by atoms with Crippen molar-refractivity contribution in [2.75, 3.05) is 20.7 Å². The van der Waals surface area contributed by atoms with Gasteiger partial charge in [0, 0.05) is 6.04 Å². The molecule has 0 spiro atoms. The highest BCUT2D eigenvalue weighted by atomic mass is 16.5. The molecule has 2 atom stereocenters. The molecule has 0 bridgehead atoms. The lowest BCUT2D eigenvalue weighted by Gasteiger charge is -2.32. The average molecular weight is 265 g/mol. The first-order valence-corrected chi connectivity index (χ1v) is 6.37. The summed E-state index contributed by atoms with van der Waals surface area (Å²) in [6.07, 6.45) is 0.819. The van der Waals surface area contributed by atoms with Gasteiger partial charge in [0.25, 0.3) is 0 Å². The minimum Gasteiger partial charge on any atom is -0.497 e. The molecular formula is C14H23N3O2. The van der Waals surface area contributed by atoms with Crippen molar-refractivity contribution in [1.82, 2.24) is 4.90 Å². The maximum atomic E-state index is 11.1. The number of carbonyl (C=O) groups is 1. The van der Waals surface area contributed by atoms with Crippen molar-refractivity contribution < 1.29 is 9.53 Å². The van der Waals surface area contributed by atoms with Gasteiger partial charge >= 0.3 is 0 Å². The van der Waals surface area contributed by atoms with Crippen molar-refractivity contribution in [3.8, 4) is 5.75 Å². The standard InChI is InChI=1S/C14H23N3O2/c1-4-12(15)14(17(2)9-13(16)18)10-5-7-11(19-3)8-6-10/h5-8,12,14H,4,9,15H2,1-3H3,(H2,16,18). The fraction of sp³-hybridized carbons (Fsp3) is 0.500. The highest BCUT2D eigenvalue weighted by Gasteiger charge is 2.24. The first-order valence-electron chi connectivity index (χ1n) is 6.37. The summed E-state index contributed by atoms with van der Waals surface area (Å²) in [7, 11) is 3.48. The number of hydrogen-bond acceptors (Lipinski definition) is 4. The predicted octanol–water partition coefficient (Wildman–Crippen LogP) is 0.891. The van der Waals surface area contributed by atoms with E-state index in [1.54, 1.807) is 7.11 Å². The van der Waals surface area contributed by atoms with Crippen molar-refractivity contribution >= 4 is 5.91 Å². The molecule has 0 saturated carbocycles. The third-order valence-electron chi connectivity index (χ3n) is 3.21. The Balaban J connectivity index is 2.97. The predicted molar refractivity (Wildman–Crippen MR) is 75.8 cm³/mol. The molecule has 0 fully saturated rings. The minimum absolute atomic E-state index is 0.0385. The van der Waals surface area contributed by atoms with Crippen LogP contribution in [0.4, 0.5) is 0 Å². The molecule has 1 rings (SSSR count). The van der Waals surface area contributed by atoms with E-state index in [4.69, 9.17) is 16.2 Å². The Morgan fingerprint density at radius 1 is 1.37 bits per heavy atom. The van der Waals surface area contributed by atoms with Crippen LogP contribution in [0, 0.1) is 0 Å². The number of methoxy groups -OCH3 is 1. The summed E-state index contributed by atoms with van der Waals surface area (Å²) in [4.78, 5) is 13.0. The van der Waals surface area contributed by atoms with E-state index < -0.39 is 0 Å². The third kappa shape index (κ3) is 4.22.